The molecule has 0 N–H and O–H groups in total. The molecule has 1 saturated heterocycles. The molecule has 1 aliphatic heterocycles. The third-order valence-electron chi connectivity index (χ3n) is 3.55. The summed E-state index contributed by atoms with van der Waals surface area (Å²) in [6, 6.07) is 4.24. The minimum Gasteiger partial charge on any atom is -0.467 e. The summed E-state index contributed by atoms with van der Waals surface area (Å²) in [5.74, 6) is -0.268. The number of hydrogen-bond acceptors (Lipinski definition) is 6. The van der Waals surface area contributed by atoms with Crippen LogP contribution in [0.5, 0.6) is 0 Å². The van der Waals surface area contributed by atoms with Gasteiger partial charge in [0.2, 0.25) is 5.89 Å². The SMILES string of the molecule is COC(=O)[C@@H]1CN(Cc2nc3ccc(F)cc3o2)C[C@@H](C)O1. The quantitative estimate of drug-likeness (QED) is 0.805. The Morgan fingerprint density at radius 2 is 2.32 bits per heavy atom. The Morgan fingerprint density at radius 1 is 1.50 bits per heavy atom. The van der Waals surface area contributed by atoms with Crippen molar-refractivity contribution in [3.8, 4) is 0 Å². The van der Waals surface area contributed by atoms with Gasteiger partial charge >= 0.3 is 5.97 Å². The second-order valence-corrected chi connectivity index (χ2v) is 5.37. The topological polar surface area (TPSA) is 64.8 Å². The Labute approximate surface area is 126 Å². The molecule has 0 amide bonds. The molecule has 118 valence electrons. The van der Waals surface area contributed by atoms with E-state index in [2.05, 4.69) is 4.98 Å². The number of carbonyl (C=O) groups excluding carboxylic acids is 1. The van der Waals surface area contributed by atoms with Crippen LogP contribution in [-0.4, -0.2) is 48.3 Å². The van der Waals surface area contributed by atoms with Crippen molar-refractivity contribution in [1.29, 1.82) is 0 Å². The number of esters is 1. The molecule has 6 nitrogen and oxygen atoms in total. The van der Waals surface area contributed by atoms with E-state index in [-0.39, 0.29) is 11.9 Å². The molecule has 0 saturated carbocycles. The van der Waals surface area contributed by atoms with E-state index in [1.165, 1.54) is 19.2 Å². The van der Waals surface area contributed by atoms with Crippen LogP contribution < -0.4 is 0 Å². The van der Waals surface area contributed by atoms with Crippen LogP contribution >= 0.6 is 0 Å². The second kappa shape index (κ2) is 6.02. The third-order valence-corrected chi connectivity index (χ3v) is 3.55. The van der Waals surface area contributed by atoms with Gasteiger partial charge in [0.05, 0.1) is 19.8 Å². The molecule has 3 rings (SSSR count). The summed E-state index contributed by atoms with van der Waals surface area (Å²) in [7, 11) is 1.34. The van der Waals surface area contributed by atoms with E-state index in [0.29, 0.717) is 36.6 Å². The molecule has 0 radical (unpaired) electrons. The van der Waals surface area contributed by atoms with Crippen LogP contribution in [0.1, 0.15) is 12.8 Å². The number of methoxy groups -OCH3 is 1. The number of hydrogen-bond donors (Lipinski definition) is 0. The number of ether oxygens (including phenoxy) is 2. The molecule has 0 aliphatic carbocycles. The Hall–Kier alpha value is -1.99. The van der Waals surface area contributed by atoms with E-state index in [1.54, 1.807) is 6.07 Å². The highest BCUT2D eigenvalue weighted by molar-refractivity contribution is 5.75. The lowest BCUT2D eigenvalue weighted by atomic mass is 10.2. The van der Waals surface area contributed by atoms with Gasteiger partial charge in [-0.3, -0.25) is 4.90 Å². The minimum atomic E-state index is -0.615. The molecule has 1 aromatic carbocycles. The standard InChI is InChI=1S/C15H17FN2O4/c1-9-6-18(7-13(21-9)15(19)20-2)8-14-17-11-4-3-10(16)5-12(11)22-14/h3-5,9,13H,6-8H2,1-2H3/t9-,13+/m1/s1. The van der Waals surface area contributed by atoms with Crippen LogP contribution in [0, 0.1) is 5.82 Å². The number of benzene rings is 1. The maximum atomic E-state index is 13.2. The number of aromatic nitrogens is 1. The van der Waals surface area contributed by atoms with Gasteiger partial charge in [0.25, 0.3) is 0 Å². The van der Waals surface area contributed by atoms with Crippen molar-refractivity contribution in [3.05, 3.63) is 29.9 Å². The summed E-state index contributed by atoms with van der Waals surface area (Å²) in [6.45, 7) is 3.38. The number of morpholine rings is 1. The summed E-state index contributed by atoms with van der Waals surface area (Å²) in [5, 5.41) is 0. The van der Waals surface area contributed by atoms with Crippen LogP contribution in [-0.2, 0) is 20.8 Å². The highest BCUT2D eigenvalue weighted by atomic mass is 19.1. The number of oxazole rings is 1. The van der Waals surface area contributed by atoms with Gasteiger partial charge in [0.1, 0.15) is 11.3 Å². The fourth-order valence-electron chi connectivity index (χ4n) is 2.63. The number of fused-ring (bicyclic) bond motifs is 1. The van der Waals surface area contributed by atoms with Gasteiger partial charge < -0.3 is 13.9 Å². The van der Waals surface area contributed by atoms with E-state index in [4.69, 9.17) is 13.9 Å². The molecule has 2 heterocycles. The summed E-state index contributed by atoms with van der Waals surface area (Å²) in [5.41, 5.74) is 1.03. The van der Waals surface area contributed by atoms with Crippen LogP contribution in [0.15, 0.2) is 22.6 Å². The van der Waals surface area contributed by atoms with Crippen molar-refractivity contribution < 1.29 is 23.1 Å². The number of halogens is 1. The smallest absolute Gasteiger partial charge is 0.336 e. The number of nitrogens with zero attached hydrogens (tertiary/aromatic N) is 2. The Bertz CT molecular complexity index is 687. The molecule has 22 heavy (non-hydrogen) atoms. The maximum Gasteiger partial charge on any atom is 0.336 e. The summed E-state index contributed by atoms with van der Waals surface area (Å²) < 4.78 is 29.0. The zero-order chi connectivity index (χ0) is 15.7. The van der Waals surface area contributed by atoms with Gasteiger partial charge in [-0.1, -0.05) is 0 Å². The Morgan fingerprint density at radius 3 is 3.09 bits per heavy atom. The molecule has 2 atom stereocenters. The van der Waals surface area contributed by atoms with Crippen LogP contribution in [0.3, 0.4) is 0 Å². The van der Waals surface area contributed by atoms with E-state index in [1.807, 2.05) is 11.8 Å². The van der Waals surface area contributed by atoms with Crippen molar-refractivity contribution in [3.63, 3.8) is 0 Å². The lowest BCUT2D eigenvalue weighted by Gasteiger charge is -2.34. The molecule has 0 unspecified atom stereocenters. The van der Waals surface area contributed by atoms with Gasteiger partial charge in [-0.05, 0) is 19.1 Å². The molecular formula is C15H17FN2O4. The summed E-state index contributed by atoms with van der Waals surface area (Å²) in [4.78, 5) is 18.0. The first-order valence-corrected chi connectivity index (χ1v) is 7.06. The van der Waals surface area contributed by atoms with Gasteiger partial charge in [-0.15, -0.1) is 0 Å². The van der Waals surface area contributed by atoms with Crippen molar-refractivity contribution in [1.82, 2.24) is 9.88 Å². The van der Waals surface area contributed by atoms with Crippen LogP contribution in [0.25, 0.3) is 11.1 Å². The molecule has 0 bridgehead atoms. The molecular weight excluding hydrogens is 291 g/mol. The first kappa shape index (κ1) is 14.9. The maximum absolute atomic E-state index is 13.2. The average molecular weight is 308 g/mol. The zero-order valence-electron chi connectivity index (χ0n) is 12.4. The largest absolute Gasteiger partial charge is 0.467 e. The summed E-state index contributed by atoms with van der Waals surface area (Å²) >= 11 is 0. The fraction of sp³-hybridized carbons (Fsp3) is 0.467. The minimum absolute atomic E-state index is 0.0975. The summed E-state index contributed by atoms with van der Waals surface area (Å²) in [6.07, 6.45) is -0.713. The Kier molecular flexibility index (Phi) is 4.08. The van der Waals surface area contributed by atoms with Crippen molar-refractivity contribution in [2.24, 2.45) is 0 Å². The molecule has 1 aliphatic rings. The zero-order valence-corrected chi connectivity index (χ0v) is 12.4. The molecule has 1 aromatic heterocycles. The van der Waals surface area contributed by atoms with Crippen molar-refractivity contribution >= 4 is 17.1 Å². The van der Waals surface area contributed by atoms with Gasteiger partial charge in [-0.25, -0.2) is 14.2 Å². The third kappa shape index (κ3) is 3.10. The normalized spacial score (nSPS) is 22.9. The lowest BCUT2D eigenvalue weighted by Crippen LogP contribution is -2.49. The number of rotatable bonds is 3. The monoisotopic (exact) mass is 308 g/mol. The highest BCUT2D eigenvalue weighted by Crippen LogP contribution is 2.20. The highest BCUT2D eigenvalue weighted by Gasteiger charge is 2.31. The van der Waals surface area contributed by atoms with Gasteiger partial charge in [-0.2, -0.15) is 0 Å². The molecule has 0 spiro atoms. The van der Waals surface area contributed by atoms with E-state index in [9.17, 15) is 9.18 Å². The second-order valence-electron chi connectivity index (χ2n) is 5.37. The van der Waals surface area contributed by atoms with Crippen LogP contribution in [0.4, 0.5) is 4.39 Å². The van der Waals surface area contributed by atoms with Crippen LogP contribution in [0.2, 0.25) is 0 Å². The lowest BCUT2D eigenvalue weighted by molar-refractivity contribution is -0.166. The van der Waals surface area contributed by atoms with Crippen molar-refractivity contribution in [2.75, 3.05) is 20.2 Å². The molecule has 2 aromatic rings. The van der Waals surface area contributed by atoms with E-state index in [0.717, 1.165) is 0 Å². The molecule has 7 heteroatoms. The van der Waals surface area contributed by atoms with Crippen molar-refractivity contribution in [2.45, 2.75) is 25.7 Å². The average Bonchev–Trinajstić information content (AvgIpc) is 2.86. The van der Waals surface area contributed by atoms with Gasteiger partial charge in [0.15, 0.2) is 11.7 Å². The predicted molar refractivity (Wildman–Crippen MR) is 75.6 cm³/mol. The van der Waals surface area contributed by atoms with E-state index < -0.39 is 12.1 Å². The first-order valence-electron chi connectivity index (χ1n) is 7.06. The van der Waals surface area contributed by atoms with Gasteiger partial charge in [0, 0.05) is 19.2 Å². The molecule has 1 fully saturated rings. The van der Waals surface area contributed by atoms with E-state index >= 15 is 0 Å². The Balaban J connectivity index is 1.74. The predicted octanol–water partition coefficient (Wildman–Crippen LogP) is 1.73. The first-order chi connectivity index (χ1) is 10.5. The number of carbonyl (C=O) groups is 1. The fourth-order valence-corrected chi connectivity index (χ4v) is 2.63.